The summed E-state index contributed by atoms with van der Waals surface area (Å²) in [5, 5.41) is 10.9. The number of rotatable bonds is 5. The molecule has 0 fully saturated rings. The van der Waals surface area contributed by atoms with E-state index in [1.807, 2.05) is 0 Å². The SMILES string of the molecule is C#CCSCCNc1nc(Cl)nc2[nH]ncc12. The van der Waals surface area contributed by atoms with Crippen molar-refractivity contribution in [3.63, 3.8) is 0 Å². The Labute approximate surface area is 108 Å². The largest absolute Gasteiger partial charge is 0.368 e. The minimum atomic E-state index is 0.195. The fourth-order valence-electron chi connectivity index (χ4n) is 1.32. The maximum Gasteiger partial charge on any atom is 0.226 e. The van der Waals surface area contributed by atoms with Crippen molar-refractivity contribution in [2.75, 3.05) is 23.4 Å². The summed E-state index contributed by atoms with van der Waals surface area (Å²) in [4.78, 5) is 8.14. The standard InChI is InChI=1S/C10H10ClN5S/c1-2-4-17-5-3-12-8-7-6-13-16-9(7)15-10(11)14-8/h1,6H,3-5H2,(H2,12,13,14,15,16). The van der Waals surface area contributed by atoms with Gasteiger partial charge in [-0.15, -0.1) is 18.2 Å². The lowest BCUT2D eigenvalue weighted by Crippen LogP contribution is -2.06. The summed E-state index contributed by atoms with van der Waals surface area (Å²) in [5.41, 5.74) is 0.628. The van der Waals surface area contributed by atoms with Gasteiger partial charge in [0.15, 0.2) is 5.65 Å². The molecule has 0 radical (unpaired) electrons. The zero-order valence-corrected chi connectivity index (χ0v) is 10.5. The maximum absolute atomic E-state index is 5.80. The van der Waals surface area contributed by atoms with Crippen molar-refractivity contribution in [2.45, 2.75) is 0 Å². The molecule has 2 N–H and O–H groups in total. The van der Waals surface area contributed by atoms with E-state index in [-0.39, 0.29) is 5.28 Å². The fraction of sp³-hybridized carbons (Fsp3) is 0.300. The van der Waals surface area contributed by atoms with Crippen LogP contribution in [0.5, 0.6) is 0 Å². The van der Waals surface area contributed by atoms with E-state index < -0.39 is 0 Å². The van der Waals surface area contributed by atoms with Crippen LogP contribution < -0.4 is 5.32 Å². The van der Waals surface area contributed by atoms with Crippen molar-refractivity contribution in [3.05, 3.63) is 11.5 Å². The van der Waals surface area contributed by atoms with Crippen LogP contribution in [0, 0.1) is 12.3 Å². The molecule has 17 heavy (non-hydrogen) atoms. The van der Waals surface area contributed by atoms with Crippen LogP contribution in [-0.4, -0.2) is 38.2 Å². The van der Waals surface area contributed by atoms with Gasteiger partial charge in [-0.05, 0) is 11.6 Å². The van der Waals surface area contributed by atoms with E-state index in [1.54, 1.807) is 18.0 Å². The van der Waals surface area contributed by atoms with Gasteiger partial charge in [0, 0.05) is 12.3 Å². The third-order valence-electron chi connectivity index (χ3n) is 2.01. The van der Waals surface area contributed by atoms with Gasteiger partial charge in [0.2, 0.25) is 5.28 Å². The van der Waals surface area contributed by atoms with E-state index >= 15 is 0 Å². The molecule has 0 spiro atoms. The summed E-state index contributed by atoms with van der Waals surface area (Å²) in [7, 11) is 0. The summed E-state index contributed by atoms with van der Waals surface area (Å²) < 4.78 is 0. The Morgan fingerprint density at radius 3 is 3.24 bits per heavy atom. The third kappa shape index (κ3) is 3.02. The van der Waals surface area contributed by atoms with Crippen molar-refractivity contribution >= 4 is 40.2 Å². The van der Waals surface area contributed by atoms with Crippen molar-refractivity contribution in [1.82, 2.24) is 20.2 Å². The monoisotopic (exact) mass is 267 g/mol. The molecule has 0 aliphatic carbocycles. The second-order valence-corrected chi connectivity index (χ2v) is 4.60. The Kier molecular flexibility index (Phi) is 4.07. The number of thioether (sulfide) groups is 1. The van der Waals surface area contributed by atoms with Crippen molar-refractivity contribution in [3.8, 4) is 12.3 Å². The van der Waals surface area contributed by atoms with Gasteiger partial charge in [-0.25, -0.2) is 0 Å². The van der Waals surface area contributed by atoms with E-state index in [9.17, 15) is 0 Å². The van der Waals surface area contributed by atoms with Crippen molar-refractivity contribution in [2.24, 2.45) is 0 Å². The first-order valence-corrected chi connectivity index (χ1v) is 6.46. The molecule has 5 nitrogen and oxygen atoms in total. The molecule has 2 rings (SSSR count). The first-order chi connectivity index (χ1) is 8.31. The molecule has 2 aromatic rings. The summed E-state index contributed by atoms with van der Waals surface area (Å²) in [6, 6.07) is 0. The van der Waals surface area contributed by atoms with E-state index in [1.165, 1.54) is 0 Å². The minimum Gasteiger partial charge on any atom is -0.368 e. The number of terminal acetylenes is 1. The van der Waals surface area contributed by atoms with E-state index in [2.05, 4.69) is 31.4 Å². The highest BCUT2D eigenvalue weighted by Gasteiger charge is 2.07. The van der Waals surface area contributed by atoms with Gasteiger partial charge < -0.3 is 5.32 Å². The number of nitrogens with one attached hydrogen (secondary N) is 2. The van der Waals surface area contributed by atoms with E-state index in [0.717, 1.165) is 17.7 Å². The number of anilines is 1. The highest BCUT2D eigenvalue weighted by molar-refractivity contribution is 7.99. The Bertz CT molecular complexity index is 547. The molecule has 0 bridgehead atoms. The number of aromatic nitrogens is 4. The van der Waals surface area contributed by atoms with Gasteiger partial charge in [0.25, 0.3) is 0 Å². The Morgan fingerprint density at radius 1 is 1.53 bits per heavy atom. The molecule has 0 atom stereocenters. The molecule has 0 aliphatic rings. The second-order valence-electron chi connectivity index (χ2n) is 3.16. The average molecular weight is 268 g/mol. The second kappa shape index (κ2) is 5.75. The van der Waals surface area contributed by atoms with Gasteiger partial charge >= 0.3 is 0 Å². The lowest BCUT2D eigenvalue weighted by molar-refractivity contribution is 1.09. The zero-order chi connectivity index (χ0) is 12.1. The molecule has 7 heteroatoms. The fourth-order valence-corrected chi connectivity index (χ4v) is 1.99. The third-order valence-corrected chi connectivity index (χ3v) is 3.04. The number of aromatic amines is 1. The molecule has 0 saturated carbocycles. The van der Waals surface area contributed by atoms with Crippen molar-refractivity contribution in [1.29, 1.82) is 0 Å². The number of nitrogens with zero attached hydrogens (tertiary/aromatic N) is 3. The van der Waals surface area contributed by atoms with Gasteiger partial charge in [-0.2, -0.15) is 15.1 Å². The van der Waals surface area contributed by atoms with Crippen LogP contribution in [0.1, 0.15) is 0 Å². The van der Waals surface area contributed by atoms with Crippen LogP contribution in [0.25, 0.3) is 11.0 Å². The topological polar surface area (TPSA) is 66.5 Å². The lowest BCUT2D eigenvalue weighted by atomic mass is 10.4. The van der Waals surface area contributed by atoms with Gasteiger partial charge in [-0.1, -0.05) is 5.92 Å². The van der Waals surface area contributed by atoms with Gasteiger partial charge in [0.1, 0.15) is 5.82 Å². The average Bonchev–Trinajstić information content (AvgIpc) is 2.76. The first-order valence-electron chi connectivity index (χ1n) is 4.93. The highest BCUT2D eigenvalue weighted by atomic mass is 35.5. The molecular weight excluding hydrogens is 258 g/mol. The normalized spacial score (nSPS) is 10.4. The number of fused-ring (bicyclic) bond motifs is 1. The quantitative estimate of drug-likeness (QED) is 0.491. The van der Waals surface area contributed by atoms with Gasteiger partial charge in [-0.3, -0.25) is 5.10 Å². The molecule has 0 aliphatic heterocycles. The number of hydrogen-bond donors (Lipinski definition) is 2. The van der Waals surface area contributed by atoms with Crippen LogP contribution in [0.15, 0.2) is 6.20 Å². The zero-order valence-electron chi connectivity index (χ0n) is 8.90. The Balaban J connectivity index is 2.03. The maximum atomic E-state index is 5.80. The van der Waals surface area contributed by atoms with Crippen LogP contribution in [-0.2, 0) is 0 Å². The summed E-state index contributed by atoms with van der Waals surface area (Å²) in [6.07, 6.45) is 6.83. The Morgan fingerprint density at radius 2 is 2.41 bits per heavy atom. The summed E-state index contributed by atoms with van der Waals surface area (Å²) in [6.45, 7) is 0.764. The molecule has 0 amide bonds. The van der Waals surface area contributed by atoms with Crippen molar-refractivity contribution < 1.29 is 0 Å². The predicted octanol–water partition coefficient (Wildman–Crippen LogP) is 1.78. The van der Waals surface area contributed by atoms with Crippen LogP contribution in [0.4, 0.5) is 5.82 Å². The minimum absolute atomic E-state index is 0.195. The van der Waals surface area contributed by atoms with Gasteiger partial charge in [0.05, 0.1) is 17.3 Å². The number of H-pyrrole nitrogens is 1. The number of halogens is 1. The van der Waals surface area contributed by atoms with Crippen LogP contribution >= 0.6 is 23.4 Å². The lowest BCUT2D eigenvalue weighted by Gasteiger charge is -2.05. The molecule has 0 aromatic carbocycles. The first kappa shape index (κ1) is 12.0. The highest BCUT2D eigenvalue weighted by Crippen LogP contribution is 2.19. The van der Waals surface area contributed by atoms with E-state index in [0.29, 0.717) is 17.2 Å². The smallest absolute Gasteiger partial charge is 0.226 e. The molecule has 2 aromatic heterocycles. The molecule has 88 valence electrons. The van der Waals surface area contributed by atoms with Crippen LogP contribution in [0.2, 0.25) is 5.28 Å². The summed E-state index contributed by atoms with van der Waals surface area (Å²) >= 11 is 7.49. The Hall–Kier alpha value is -1.45. The predicted molar refractivity (Wildman–Crippen MR) is 71.3 cm³/mol. The van der Waals surface area contributed by atoms with E-state index in [4.69, 9.17) is 18.0 Å². The molecule has 2 heterocycles. The molecular formula is C10H10ClN5S. The molecule has 0 saturated heterocycles. The van der Waals surface area contributed by atoms with Crippen LogP contribution in [0.3, 0.4) is 0 Å². The summed E-state index contributed by atoms with van der Waals surface area (Å²) in [5.74, 6) is 4.89. The molecule has 0 unspecified atom stereocenters. The number of hydrogen-bond acceptors (Lipinski definition) is 5.